The van der Waals surface area contributed by atoms with Crippen LogP contribution in [0.25, 0.3) is 6.08 Å². The maximum atomic E-state index is 10.8. The molecule has 1 aromatic carbocycles. The molecule has 0 radical (unpaired) electrons. The van der Waals surface area contributed by atoms with Crippen LogP contribution < -0.4 is 4.74 Å². The van der Waals surface area contributed by atoms with E-state index in [0.29, 0.717) is 5.75 Å². The van der Waals surface area contributed by atoms with E-state index in [0.717, 1.165) is 42.4 Å². The van der Waals surface area contributed by atoms with Crippen molar-refractivity contribution in [3.63, 3.8) is 0 Å². The number of fused-ring (bicyclic) bond motifs is 3. The topological polar surface area (TPSA) is 57.2 Å². The largest absolute Gasteiger partial charge is 0.508 e. The number of hydrogen-bond acceptors (Lipinski definition) is 5. The second-order valence-electron chi connectivity index (χ2n) is 7.57. The standard InChI is InChI=1S/C21H30O5/c1-6-7-8-9-15-19(23-4)16-14(22)12-13-10-11-21(2,3)26-18(13)17(16)20(24-5)25-15/h10-12,15,19-20,22H,6-9H2,1-5H3/t15-,19+,20-/m1/s1. The van der Waals surface area contributed by atoms with E-state index in [-0.39, 0.29) is 18.0 Å². The molecule has 2 aliphatic rings. The summed E-state index contributed by atoms with van der Waals surface area (Å²) < 4.78 is 23.9. The Hall–Kier alpha value is -1.56. The number of benzene rings is 1. The zero-order chi connectivity index (χ0) is 18.9. The van der Waals surface area contributed by atoms with Crippen LogP contribution >= 0.6 is 0 Å². The molecule has 0 aliphatic carbocycles. The van der Waals surface area contributed by atoms with Crippen LogP contribution in [0.2, 0.25) is 0 Å². The molecule has 1 N–H and O–H groups in total. The molecule has 0 unspecified atom stereocenters. The van der Waals surface area contributed by atoms with E-state index in [1.54, 1.807) is 20.3 Å². The maximum Gasteiger partial charge on any atom is 0.188 e. The molecule has 0 aromatic heterocycles. The number of aromatic hydroxyl groups is 1. The fourth-order valence-electron chi connectivity index (χ4n) is 3.81. The van der Waals surface area contributed by atoms with Gasteiger partial charge in [-0.25, -0.2) is 0 Å². The monoisotopic (exact) mass is 362 g/mol. The van der Waals surface area contributed by atoms with Gasteiger partial charge in [-0.2, -0.15) is 0 Å². The Morgan fingerprint density at radius 1 is 1.15 bits per heavy atom. The Labute approximate surface area is 155 Å². The normalized spacial score (nSPS) is 26.1. The number of methoxy groups -OCH3 is 2. The van der Waals surface area contributed by atoms with Crippen molar-refractivity contribution < 1.29 is 24.1 Å². The van der Waals surface area contributed by atoms with Crippen LogP contribution in [0.1, 0.15) is 75.5 Å². The van der Waals surface area contributed by atoms with E-state index < -0.39 is 11.9 Å². The lowest BCUT2D eigenvalue weighted by Crippen LogP contribution is -2.35. The Kier molecular flexibility index (Phi) is 5.61. The van der Waals surface area contributed by atoms with Gasteiger partial charge in [-0.1, -0.05) is 32.3 Å². The predicted molar refractivity (Wildman–Crippen MR) is 100 cm³/mol. The minimum atomic E-state index is -0.592. The van der Waals surface area contributed by atoms with Crippen molar-refractivity contribution in [3.8, 4) is 11.5 Å². The molecule has 1 aromatic rings. The number of phenolic OH excluding ortho intramolecular Hbond substituents is 1. The number of rotatable bonds is 6. The summed E-state index contributed by atoms with van der Waals surface area (Å²) in [4.78, 5) is 0. The minimum absolute atomic E-state index is 0.167. The first kappa shape index (κ1) is 19.2. The van der Waals surface area contributed by atoms with Crippen molar-refractivity contribution in [2.24, 2.45) is 0 Å². The summed E-state index contributed by atoms with van der Waals surface area (Å²) in [5.41, 5.74) is 1.84. The van der Waals surface area contributed by atoms with E-state index in [1.165, 1.54) is 0 Å². The third-order valence-electron chi connectivity index (χ3n) is 5.11. The van der Waals surface area contributed by atoms with Crippen molar-refractivity contribution in [3.05, 3.63) is 28.8 Å². The summed E-state index contributed by atoms with van der Waals surface area (Å²) in [6, 6.07) is 1.74. The summed E-state index contributed by atoms with van der Waals surface area (Å²) in [5.74, 6) is 0.899. The van der Waals surface area contributed by atoms with Gasteiger partial charge in [0.15, 0.2) is 6.29 Å². The molecule has 0 spiro atoms. The molecule has 0 amide bonds. The molecule has 3 atom stereocenters. The van der Waals surface area contributed by atoms with Crippen LogP contribution in [0.4, 0.5) is 0 Å². The van der Waals surface area contributed by atoms with Gasteiger partial charge in [-0.05, 0) is 32.4 Å². The lowest BCUT2D eigenvalue weighted by Gasteiger charge is -2.40. The Balaban J connectivity index is 2.08. The van der Waals surface area contributed by atoms with Gasteiger partial charge in [0, 0.05) is 25.3 Å². The Morgan fingerprint density at radius 2 is 1.92 bits per heavy atom. The molecule has 0 fully saturated rings. The summed E-state index contributed by atoms with van der Waals surface area (Å²) in [5, 5.41) is 10.8. The van der Waals surface area contributed by atoms with Crippen LogP contribution in [0.3, 0.4) is 0 Å². The maximum absolute atomic E-state index is 10.8. The molecular formula is C21H30O5. The first-order chi connectivity index (χ1) is 12.4. The van der Waals surface area contributed by atoms with Gasteiger partial charge in [0.25, 0.3) is 0 Å². The number of hydrogen-bond donors (Lipinski definition) is 1. The minimum Gasteiger partial charge on any atom is -0.508 e. The van der Waals surface area contributed by atoms with Crippen molar-refractivity contribution in [2.75, 3.05) is 14.2 Å². The highest BCUT2D eigenvalue weighted by molar-refractivity contribution is 5.68. The first-order valence-corrected chi connectivity index (χ1v) is 9.41. The zero-order valence-corrected chi connectivity index (χ0v) is 16.4. The van der Waals surface area contributed by atoms with E-state index in [2.05, 4.69) is 6.92 Å². The SMILES string of the molecule is CCCCC[C@H]1O[C@@H](OC)c2c3c(cc(O)c2[C@H]1OC)C=CC(C)(C)O3. The molecule has 3 rings (SSSR count). The molecule has 5 heteroatoms. The highest BCUT2D eigenvalue weighted by Gasteiger charge is 2.42. The second-order valence-corrected chi connectivity index (χ2v) is 7.57. The van der Waals surface area contributed by atoms with Gasteiger partial charge >= 0.3 is 0 Å². The van der Waals surface area contributed by atoms with E-state index in [1.807, 2.05) is 26.0 Å². The highest BCUT2D eigenvalue weighted by Crippen LogP contribution is 2.51. The van der Waals surface area contributed by atoms with Gasteiger partial charge < -0.3 is 24.1 Å². The summed E-state index contributed by atoms with van der Waals surface area (Å²) in [6.07, 6.45) is 7.03. The number of ether oxygens (including phenoxy) is 4. The van der Waals surface area contributed by atoms with Crippen LogP contribution in [0, 0.1) is 0 Å². The second kappa shape index (κ2) is 7.59. The fourth-order valence-corrected chi connectivity index (χ4v) is 3.81. The molecule has 144 valence electrons. The van der Waals surface area contributed by atoms with E-state index in [9.17, 15) is 5.11 Å². The zero-order valence-electron chi connectivity index (χ0n) is 16.4. The third kappa shape index (κ3) is 3.48. The average molecular weight is 362 g/mol. The fraction of sp³-hybridized carbons (Fsp3) is 0.619. The molecule has 26 heavy (non-hydrogen) atoms. The molecule has 0 bridgehead atoms. The summed E-state index contributed by atoms with van der Waals surface area (Å²) in [7, 11) is 3.27. The summed E-state index contributed by atoms with van der Waals surface area (Å²) in [6.45, 7) is 6.17. The Bertz CT molecular complexity index is 679. The van der Waals surface area contributed by atoms with E-state index in [4.69, 9.17) is 18.9 Å². The van der Waals surface area contributed by atoms with Gasteiger partial charge in [-0.15, -0.1) is 0 Å². The quantitative estimate of drug-likeness (QED) is 0.730. The first-order valence-electron chi connectivity index (χ1n) is 9.41. The van der Waals surface area contributed by atoms with Gasteiger partial charge in [0.05, 0.1) is 11.7 Å². The average Bonchev–Trinajstić information content (AvgIpc) is 2.61. The van der Waals surface area contributed by atoms with Crippen molar-refractivity contribution >= 4 is 6.08 Å². The Morgan fingerprint density at radius 3 is 2.58 bits per heavy atom. The lowest BCUT2D eigenvalue weighted by molar-refractivity contribution is -0.206. The third-order valence-corrected chi connectivity index (χ3v) is 5.11. The lowest BCUT2D eigenvalue weighted by atomic mass is 9.87. The van der Waals surface area contributed by atoms with Crippen LogP contribution in [0.15, 0.2) is 12.1 Å². The number of phenols is 1. The molecule has 2 aliphatic heterocycles. The van der Waals surface area contributed by atoms with Crippen molar-refractivity contribution in [2.45, 2.75) is 70.6 Å². The summed E-state index contributed by atoms with van der Waals surface area (Å²) >= 11 is 0. The van der Waals surface area contributed by atoms with Gasteiger partial charge in [0.2, 0.25) is 0 Å². The van der Waals surface area contributed by atoms with Crippen molar-refractivity contribution in [1.82, 2.24) is 0 Å². The number of unbranched alkanes of at least 4 members (excludes halogenated alkanes) is 2. The predicted octanol–water partition coefficient (Wildman–Crippen LogP) is 4.89. The van der Waals surface area contributed by atoms with Crippen LogP contribution in [-0.4, -0.2) is 31.0 Å². The molecule has 2 heterocycles. The molecule has 0 saturated heterocycles. The van der Waals surface area contributed by atoms with Crippen LogP contribution in [0.5, 0.6) is 11.5 Å². The molecule has 5 nitrogen and oxygen atoms in total. The van der Waals surface area contributed by atoms with E-state index >= 15 is 0 Å². The molecule has 0 saturated carbocycles. The van der Waals surface area contributed by atoms with Gasteiger partial charge in [0.1, 0.15) is 23.2 Å². The van der Waals surface area contributed by atoms with Crippen LogP contribution in [-0.2, 0) is 14.2 Å². The highest BCUT2D eigenvalue weighted by atomic mass is 16.7. The van der Waals surface area contributed by atoms with Crippen molar-refractivity contribution in [1.29, 1.82) is 0 Å². The van der Waals surface area contributed by atoms with Gasteiger partial charge in [-0.3, -0.25) is 0 Å². The smallest absolute Gasteiger partial charge is 0.188 e. The molecular weight excluding hydrogens is 332 g/mol.